The van der Waals surface area contributed by atoms with Gasteiger partial charge in [-0.25, -0.2) is 0 Å². The molecule has 3 rings (SSSR count). The molecule has 1 heterocycles. The quantitative estimate of drug-likeness (QED) is 0.730. The number of fused-ring (bicyclic) bond motifs is 1. The van der Waals surface area contributed by atoms with Crippen LogP contribution in [0.4, 0.5) is 0 Å². The summed E-state index contributed by atoms with van der Waals surface area (Å²) in [7, 11) is 1.58. The van der Waals surface area contributed by atoms with E-state index in [-0.39, 0.29) is 11.5 Å². The Hall–Kier alpha value is -1.97. The van der Waals surface area contributed by atoms with E-state index in [2.05, 4.69) is 0 Å². The monoisotopic (exact) mass is 334 g/mol. The number of carbonyl (C=O) groups is 1. The molecule has 112 valence electrons. The van der Waals surface area contributed by atoms with Crippen LogP contribution in [0.1, 0.15) is 21.5 Å². The molecule has 22 heavy (non-hydrogen) atoms. The number of ketones is 1. The molecule has 2 aromatic carbocycles. The summed E-state index contributed by atoms with van der Waals surface area (Å²) in [5.41, 5.74) is 2.07. The molecule has 1 aliphatic heterocycles. The van der Waals surface area contributed by atoms with Crippen molar-refractivity contribution in [2.24, 2.45) is 0 Å². The number of halogens is 2. The van der Waals surface area contributed by atoms with Gasteiger partial charge in [-0.3, -0.25) is 4.79 Å². The zero-order chi connectivity index (χ0) is 15.9. The second kappa shape index (κ2) is 5.67. The van der Waals surface area contributed by atoms with Crippen molar-refractivity contribution in [2.45, 2.75) is 6.92 Å². The lowest BCUT2D eigenvalue weighted by molar-refractivity contribution is 0.101. The van der Waals surface area contributed by atoms with Crippen LogP contribution in [0.15, 0.2) is 36.1 Å². The Morgan fingerprint density at radius 1 is 1.14 bits per heavy atom. The van der Waals surface area contributed by atoms with E-state index in [1.807, 2.05) is 6.92 Å². The van der Waals surface area contributed by atoms with Crippen LogP contribution in [0.5, 0.6) is 11.5 Å². The number of hydrogen-bond acceptors (Lipinski definition) is 3. The van der Waals surface area contributed by atoms with Gasteiger partial charge in [-0.15, -0.1) is 0 Å². The minimum Gasteiger partial charge on any atom is -0.496 e. The molecule has 0 bridgehead atoms. The fraction of sp³-hybridized carbons (Fsp3) is 0.118. The van der Waals surface area contributed by atoms with E-state index in [0.29, 0.717) is 27.1 Å². The van der Waals surface area contributed by atoms with Gasteiger partial charge in [-0.2, -0.15) is 0 Å². The Morgan fingerprint density at radius 2 is 1.91 bits per heavy atom. The molecule has 1 aliphatic rings. The normalized spacial score (nSPS) is 14.9. The SMILES string of the molecule is COc1ccc2c(c1C)O/C(=C\c1ccc(Cl)c(Cl)c1)C2=O. The van der Waals surface area contributed by atoms with E-state index in [4.69, 9.17) is 32.7 Å². The second-order valence-corrected chi connectivity index (χ2v) is 5.70. The van der Waals surface area contributed by atoms with Crippen molar-refractivity contribution < 1.29 is 14.3 Å². The van der Waals surface area contributed by atoms with Crippen molar-refractivity contribution in [2.75, 3.05) is 7.11 Å². The number of benzene rings is 2. The molecule has 0 aliphatic carbocycles. The van der Waals surface area contributed by atoms with Gasteiger partial charge < -0.3 is 9.47 Å². The Morgan fingerprint density at radius 3 is 2.59 bits per heavy atom. The largest absolute Gasteiger partial charge is 0.496 e. The van der Waals surface area contributed by atoms with E-state index < -0.39 is 0 Å². The van der Waals surface area contributed by atoms with Gasteiger partial charge in [0.1, 0.15) is 11.5 Å². The summed E-state index contributed by atoms with van der Waals surface area (Å²) < 4.78 is 11.0. The molecule has 0 unspecified atom stereocenters. The molecule has 0 fully saturated rings. The summed E-state index contributed by atoms with van der Waals surface area (Å²) in [6, 6.07) is 8.60. The molecular formula is C17H12Cl2O3. The first-order chi connectivity index (χ1) is 10.5. The van der Waals surface area contributed by atoms with Crippen LogP contribution in [-0.2, 0) is 0 Å². The van der Waals surface area contributed by atoms with Gasteiger partial charge in [0.25, 0.3) is 0 Å². The van der Waals surface area contributed by atoms with Crippen LogP contribution < -0.4 is 9.47 Å². The van der Waals surface area contributed by atoms with Crippen molar-refractivity contribution in [1.29, 1.82) is 0 Å². The number of Topliss-reactive ketones (excluding diaryl/α,β-unsaturated/α-hetero) is 1. The van der Waals surface area contributed by atoms with Crippen molar-refractivity contribution in [1.82, 2.24) is 0 Å². The van der Waals surface area contributed by atoms with E-state index >= 15 is 0 Å². The van der Waals surface area contributed by atoms with Crippen LogP contribution in [0.25, 0.3) is 6.08 Å². The first-order valence-electron chi connectivity index (χ1n) is 6.58. The highest BCUT2D eigenvalue weighted by Gasteiger charge is 2.30. The van der Waals surface area contributed by atoms with Crippen LogP contribution in [0, 0.1) is 6.92 Å². The predicted molar refractivity (Wildman–Crippen MR) is 87.1 cm³/mol. The van der Waals surface area contributed by atoms with Gasteiger partial charge in [0.15, 0.2) is 5.76 Å². The van der Waals surface area contributed by atoms with Gasteiger partial charge in [0.05, 0.1) is 22.7 Å². The van der Waals surface area contributed by atoms with E-state index in [9.17, 15) is 4.79 Å². The fourth-order valence-corrected chi connectivity index (χ4v) is 2.65. The number of allylic oxidation sites excluding steroid dienone is 1. The van der Waals surface area contributed by atoms with Crippen molar-refractivity contribution >= 4 is 35.1 Å². The molecular weight excluding hydrogens is 323 g/mol. The lowest BCUT2D eigenvalue weighted by Gasteiger charge is -2.07. The van der Waals surface area contributed by atoms with E-state index in [1.165, 1.54) is 0 Å². The molecule has 0 saturated carbocycles. The second-order valence-electron chi connectivity index (χ2n) is 4.88. The van der Waals surface area contributed by atoms with Crippen molar-refractivity contribution in [3.8, 4) is 11.5 Å². The lowest BCUT2D eigenvalue weighted by atomic mass is 10.1. The summed E-state index contributed by atoms with van der Waals surface area (Å²) in [6.07, 6.45) is 1.65. The highest BCUT2D eigenvalue weighted by molar-refractivity contribution is 6.42. The van der Waals surface area contributed by atoms with Gasteiger partial charge in [0, 0.05) is 5.56 Å². The Kier molecular flexibility index (Phi) is 3.85. The number of rotatable bonds is 2. The third kappa shape index (κ3) is 2.47. The molecule has 0 amide bonds. The summed E-state index contributed by atoms with van der Waals surface area (Å²) in [5.74, 6) is 1.31. The number of methoxy groups -OCH3 is 1. The maximum Gasteiger partial charge on any atom is 0.231 e. The van der Waals surface area contributed by atoms with Gasteiger partial charge in [-0.05, 0) is 42.8 Å². The highest BCUT2D eigenvalue weighted by atomic mass is 35.5. The molecule has 0 spiro atoms. The van der Waals surface area contributed by atoms with E-state index in [0.717, 1.165) is 11.1 Å². The van der Waals surface area contributed by atoms with Crippen LogP contribution >= 0.6 is 23.2 Å². The van der Waals surface area contributed by atoms with Crippen molar-refractivity contribution in [3.05, 3.63) is 62.8 Å². The highest BCUT2D eigenvalue weighted by Crippen LogP contribution is 2.39. The molecule has 0 atom stereocenters. The molecule has 0 radical (unpaired) electrons. The van der Waals surface area contributed by atoms with Crippen molar-refractivity contribution in [3.63, 3.8) is 0 Å². The molecule has 3 nitrogen and oxygen atoms in total. The summed E-state index contributed by atoms with van der Waals surface area (Å²) in [5, 5.41) is 0.892. The third-order valence-corrected chi connectivity index (χ3v) is 4.24. The first kappa shape index (κ1) is 14.9. The number of carbonyl (C=O) groups excluding carboxylic acids is 1. The Labute approximate surface area is 138 Å². The maximum atomic E-state index is 12.4. The molecule has 0 saturated heterocycles. The maximum absolute atomic E-state index is 12.4. The van der Waals surface area contributed by atoms with Crippen LogP contribution in [0.3, 0.4) is 0 Å². The molecule has 5 heteroatoms. The Balaban J connectivity index is 2.01. The zero-order valence-electron chi connectivity index (χ0n) is 11.9. The standard InChI is InChI=1S/C17H12Cl2O3/c1-9-14(21-2)6-4-11-16(20)15(22-17(9)11)8-10-3-5-12(18)13(19)7-10/h3-8H,1-2H3/b15-8-. The van der Waals surface area contributed by atoms with E-state index in [1.54, 1.807) is 43.5 Å². The first-order valence-corrected chi connectivity index (χ1v) is 7.33. The average Bonchev–Trinajstić information content (AvgIpc) is 2.81. The molecule has 0 aromatic heterocycles. The molecule has 2 aromatic rings. The molecule has 0 N–H and O–H groups in total. The average molecular weight is 335 g/mol. The fourth-order valence-electron chi connectivity index (χ4n) is 2.34. The smallest absolute Gasteiger partial charge is 0.231 e. The van der Waals surface area contributed by atoms with Gasteiger partial charge in [-0.1, -0.05) is 29.3 Å². The lowest BCUT2D eigenvalue weighted by Crippen LogP contribution is -1.97. The van der Waals surface area contributed by atoms with Crippen LogP contribution in [-0.4, -0.2) is 12.9 Å². The number of ether oxygens (including phenoxy) is 2. The van der Waals surface area contributed by atoms with Crippen LogP contribution in [0.2, 0.25) is 10.0 Å². The minimum atomic E-state index is -0.160. The zero-order valence-corrected chi connectivity index (χ0v) is 13.5. The van der Waals surface area contributed by atoms with Gasteiger partial charge >= 0.3 is 0 Å². The topological polar surface area (TPSA) is 35.5 Å². The third-order valence-electron chi connectivity index (χ3n) is 3.50. The summed E-state index contributed by atoms with van der Waals surface area (Å²) in [4.78, 5) is 12.4. The summed E-state index contributed by atoms with van der Waals surface area (Å²) in [6.45, 7) is 1.85. The van der Waals surface area contributed by atoms with Gasteiger partial charge in [0.2, 0.25) is 5.78 Å². The minimum absolute atomic E-state index is 0.160. The Bertz CT molecular complexity index is 810. The summed E-state index contributed by atoms with van der Waals surface area (Å²) >= 11 is 11.9. The number of hydrogen-bond donors (Lipinski definition) is 0. The predicted octanol–water partition coefficient (Wildman–Crippen LogP) is 4.93.